The van der Waals surface area contributed by atoms with Crippen molar-refractivity contribution >= 4 is 29.4 Å². The number of hydrogen-bond acceptors (Lipinski definition) is 5. The summed E-state index contributed by atoms with van der Waals surface area (Å²) in [6.07, 6.45) is 0. The molecule has 1 aliphatic rings. The van der Waals surface area contributed by atoms with Crippen LogP contribution in [-0.2, 0) is 4.57 Å². The predicted molar refractivity (Wildman–Crippen MR) is 101 cm³/mol. The third-order valence-electron chi connectivity index (χ3n) is 4.61. The minimum absolute atomic E-state index is 0.0536. The fraction of sp³-hybridized carbons (Fsp3) is 0. The highest BCUT2D eigenvalue weighted by Gasteiger charge is 2.34. The average Bonchev–Trinajstić information content (AvgIpc) is 2.73. The number of phenolic OH excluding ortho intramolecular Hbond substituents is 2. The van der Waals surface area contributed by atoms with Gasteiger partial charge in [-0.15, -0.1) is 0 Å². The first-order chi connectivity index (χ1) is 12.9. The van der Waals surface area contributed by atoms with Crippen LogP contribution >= 0.6 is 7.82 Å². The fourth-order valence-corrected chi connectivity index (χ4v) is 4.35. The van der Waals surface area contributed by atoms with E-state index in [1.807, 2.05) is 0 Å². The van der Waals surface area contributed by atoms with Gasteiger partial charge in [-0.1, -0.05) is 24.3 Å². The summed E-state index contributed by atoms with van der Waals surface area (Å²) < 4.78 is 23.0. The van der Waals surface area contributed by atoms with Crippen LogP contribution in [0, 0.1) is 0 Å². The van der Waals surface area contributed by atoms with Crippen molar-refractivity contribution in [3.63, 3.8) is 0 Å². The Morgan fingerprint density at radius 2 is 1.07 bits per heavy atom. The molecule has 0 saturated heterocycles. The lowest BCUT2D eigenvalue weighted by Crippen LogP contribution is -1.97. The van der Waals surface area contributed by atoms with Gasteiger partial charge in [-0.2, -0.15) is 0 Å². The van der Waals surface area contributed by atoms with Crippen LogP contribution < -0.4 is 9.05 Å². The Hall–Kier alpha value is -3.21. The molecule has 6 nitrogen and oxygen atoms in total. The first-order valence-electron chi connectivity index (χ1n) is 8.15. The maximum Gasteiger partial charge on any atom is 0.584 e. The third-order valence-corrected chi connectivity index (χ3v) is 5.47. The molecule has 134 valence electrons. The number of hydrogen-bond donors (Lipinski definition) is 3. The van der Waals surface area contributed by atoms with Crippen molar-refractivity contribution < 1.29 is 28.7 Å². The zero-order valence-electron chi connectivity index (χ0n) is 13.8. The fourth-order valence-electron chi connectivity index (χ4n) is 3.51. The van der Waals surface area contributed by atoms with Crippen LogP contribution in [0.4, 0.5) is 0 Å². The molecule has 4 aromatic carbocycles. The van der Waals surface area contributed by atoms with Crippen LogP contribution in [0.25, 0.3) is 32.7 Å². The molecule has 1 aliphatic heterocycles. The Labute approximate surface area is 153 Å². The third kappa shape index (κ3) is 2.50. The number of aromatic hydroxyl groups is 2. The summed E-state index contributed by atoms with van der Waals surface area (Å²) in [4.78, 5) is 10.1. The van der Waals surface area contributed by atoms with Crippen molar-refractivity contribution in [3.8, 4) is 34.1 Å². The van der Waals surface area contributed by atoms with Gasteiger partial charge < -0.3 is 19.3 Å². The van der Waals surface area contributed by atoms with Crippen molar-refractivity contribution in [2.45, 2.75) is 0 Å². The van der Waals surface area contributed by atoms with Gasteiger partial charge in [0.15, 0.2) is 0 Å². The number of phosphoric ester groups is 1. The Bertz CT molecular complexity index is 1200. The van der Waals surface area contributed by atoms with Crippen LogP contribution in [0.15, 0.2) is 60.7 Å². The molecule has 0 atom stereocenters. The van der Waals surface area contributed by atoms with E-state index < -0.39 is 7.82 Å². The van der Waals surface area contributed by atoms with Crippen molar-refractivity contribution in [2.75, 3.05) is 0 Å². The highest BCUT2D eigenvalue weighted by molar-refractivity contribution is 7.48. The van der Waals surface area contributed by atoms with Crippen molar-refractivity contribution in [2.24, 2.45) is 0 Å². The Balaban J connectivity index is 2.02. The molecule has 5 rings (SSSR count). The summed E-state index contributed by atoms with van der Waals surface area (Å²) in [5.41, 5.74) is 1.03. The zero-order valence-corrected chi connectivity index (χ0v) is 14.7. The van der Waals surface area contributed by atoms with E-state index in [1.165, 1.54) is 0 Å². The highest BCUT2D eigenvalue weighted by atomic mass is 31.2. The van der Waals surface area contributed by atoms with Crippen molar-refractivity contribution in [1.29, 1.82) is 0 Å². The van der Waals surface area contributed by atoms with Gasteiger partial charge in [0, 0.05) is 11.1 Å². The van der Waals surface area contributed by atoms with E-state index in [2.05, 4.69) is 0 Å². The van der Waals surface area contributed by atoms with Gasteiger partial charge >= 0.3 is 7.82 Å². The summed E-state index contributed by atoms with van der Waals surface area (Å²) in [5, 5.41) is 22.9. The van der Waals surface area contributed by atoms with Crippen LogP contribution in [0.2, 0.25) is 0 Å². The smallest absolute Gasteiger partial charge is 0.508 e. The summed E-state index contributed by atoms with van der Waals surface area (Å²) in [6, 6.07) is 16.4. The number of phosphoric acid groups is 1. The molecule has 7 heteroatoms. The molecule has 3 N–H and O–H groups in total. The van der Waals surface area contributed by atoms with Crippen molar-refractivity contribution in [1.82, 2.24) is 0 Å². The van der Waals surface area contributed by atoms with Gasteiger partial charge in [0.2, 0.25) is 0 Å². The molecular weight excluding hydrogens is 367 g/mol. The van der Waals surface area contributed by atoms with E-state index in [9.17, 15) is 19.7 Å². The van der Waals surface area contributed by atoms with Gasteiger partial charge in [0.05, 0.1) is 0 Å². The van der Waals surface area contributed by atoms with E-state index in [0.717, 1.165) is 10.8 Å². The molecule has 27 heavy (non-hydrogen) atoms. The highest BCUT2D eigenvalue weighted by Crippen LogP contribution is 2.57. The number of phenols is 2. The predicted octanol–water partition coefficient (Wildman–Crippen LogP) is 4.94. The first kappa shape index (κ1) is 16.0. The molecule has 0 unspecified atom stereocenters. The van der Waals surface area contributed by atoms with E-state index in [0.29, 0.717) is 21.9 Å². The molecule has 0 bridgehead atoms. The zero-order chi connectivity index (χ0) is 18.8. The average molecular weight is 380 g/mol. The second kappa shape index (κ2) is 5.39. The minimum Gasteiger partial charge on any atom is -0.508 e. The van der Waals surface area contributed by atoms with E-state index >= 15 is 0 Å². The molecule has 0 saturated carbocycles. The maximum atomic E-state index is 12.4. The van der Waals surface area contributed by atoms with Gasteiger partial charge in [0.25, 0.3) is 0 Å². The second-order valence-corrected chi connectivity index (χ2v) is 7.64. The monoisotopic (exact) mass is 380 g/mol. The van der Waals surface area contributed by atoms with Crippen LogP contribution in [0.1, 0.15) is 0 Å². The normalized spacial score (nSPS) is 14.7. The number of fused-ring (bicyclic) bond motifs is 7. The molecule has 0 radical (unpaired) electrons. The lowest BCUT2D eigenvalue weighted by molar-refractivity contribution is 0.294. The van der Waals surface area contributed by atoms with Gasteiger partial charge in [0.1, 0.15) is 23.0 Å². The topological polar surface area (TPSA) is 96.2 Å². The number of benzene rings is 4. The molecule has 0 amide bonds. The largest absolute Gasteiger partial charge is 0.584 e. The number of rotatable bonds is 0. The molecule has 4 aromatic rings. The van der Waals surface area contributed by atoms with Crippen LogP contribution in [-0.4, -0.2) is 15.1 Å². The standard InChI is InChI=1S/C20H13O6P/c21-13-5-1-11-3-7-17-19(15(11)9-13)20-16-10-14(22)6-2-12(16)4-8-18(20)26-27(23,24)25-17/h1-10,21-22H,(H,23,24). The quantitative estimate of drug-likeness (QED) is 0.374. The minimum atomic E-state index is -4.40. The molecule has 0 aliphatic carbocycles. The van der Waals surface area contributed by atoms with Crippen LogP contribution in [0.3, 0.4) is 0 Å². The van der Waals surface area contributed by atoms with Gasteiger partial charge in [-0.25, -0.2) is 4.57 Å². The van der Waals surface area contributed by atoms with Crippen molar-refractivity contribution in [3.05, 3.63) is 60.7 Å². The molecule has 0 spiro atoms. The Morgan fingerprint density at radius 1 is 0.667 bits per heavy atom. The summed E-state index contributed by atoms with van der Waals surface area (Å²) in [6.45, 7) is 0. The Kier molecular flexibility index (Phi) is 3.20. The molecule has 1 heterocycles. The van der Waals surface area contributed by atoms with E-state index in [-0.39, 0.29) is 23.0 Å². The van der Waals surface area contributed by atoms with Gasteiger partial charge in [-0.3, -0.25) is 4.89 Å². The summed E-state index contributed by atoms with van der Waals surface area (Å²) in [7, 11) is -4.40. The maximum absolute atomic E-state index is 12.4. The second-order valence-electron chi connectivity index (χ2n) is 6.34. The lowest BCUT2D eigenvalue weighted by atomic mass is 9.92. The van der Waals surface area contributed by atoms with Gasteiger partial charge in [-0.05, 0) is 57.9 Å². The first-order valence-corrected chi connectivity index (χ1v) is 9.65. The van der Waals surface area contributed by atoms with Crippen LogP contribution in [0.5, 0.6) is 23.0 Å². The lowest BCUT2D eigenvalue weighted by Gasteiger charge is -2.13. The molecule has 0 fully saturated rings. The molecular formula is C20H13O6P. The van der Waals surface area contributed by atoms with E-state index in [1.54, 1.807) is 60.7 Å². The summed E-state index contributed by atoms with van der Waals surface area (Å²) >= 11 is 0. The van der Waals surface area contributed by atoms with E-state index in [4.69, 9.17) is 9.05 Å². The Morgan fingerprint density at radius 3 is 1.52 bits per heavy atom. The molecule has 0 aromatic heterocycles. The summed E-state index contributed by atoms with van der Waals surface area (Å²) in [5.74, 6) is 0.429. The SMILES string of the molecule is O=P1(O)Oc2ccc3ccc(O)cc3c2-c2c(ccc3ccc(O)cc23)O1.